The van der Waals surface area contributed by atoms with Crippen LogP contribution in [0.1, 0.15) is 47.0 Å². The molecule has 0 aromatic rings. The number of primary amides is 1. The summed E-state index contributed by atoms with van der Waals surface area (Å²) in [6.07, 6.45) is 7.66. The van der Waals surface area contributed by atoms with Gasteiger partial charge in [0.15, 0.2) is 0 Å². The molecule has 3 N–H and O–H groups in total. The van der Waals surface area contributed by atoms with Gasteiger partial charge in [0.25, 0.3) is 0 Å². The number of carbonyl (C=O) groups excluding carboxylic acids is 1. The maximum absolute atomic E-state index is 10.5. The highest BCUT2D eigenvalue weighted by Crippen LogP contribution is 2.40. The largest absolute Gasteiger partial charge is 0.350 e. The maximum atomic E-state index is 10.5. The predicted octanol–water partition coefficient (Wildman–Crippen LogP) is 3.11. The Hall–Kier alpha value is -1.58. The van der Waals surface area contributed by atoms with Crippen molar-refractivity contribution in [2.24, 2.45) is 16.3 Å². The summed E-state index contributed by atoms with van der Waals surface area (Å²) in [5, 5.41) is 3.86. The fraction of sp³-hybridized carbons (Fsp3) is 0.571. The molecule has 0 unspecified atom stereocenters. The average molecular weight is 249 g/mol. The van der Waals surface area contributed by atoms with Gasteiger partial charge in [0.1, 0.15) is 0 Å². The molecule has 0 aliphatic heterocycles. The van der Waals surface area contributed by atoms with Gasteiger partial charge in [-0.15, -0.1) is 0 Å². The van der Waals surface area contributed by atoms with Gasteiger partial charge in [-0.25, -0.2) is 10.2 Å². The van der Waals surface area contributed by atoms with Gasteiger partial charge in [0.05, 0.1) is 5.71 Å². The Kier molecular flexibility index (Phi) is 4.70. The summed E-state index contributed by atoms with van der Waals surface area (Å²) >= 11 is 0. The quantitative estimate of drug-likeness (QED) is 0.585. The molecule has 1 rings (SSSR count). The summed E-state index contributed by atoms with van der Waals surface area (Å²) in [5.74, 6) is 0. The van der Waals surface area contributed by atoms with E-state index in [0.29, 0.717) is 0 Å². The standard InChI is InChI=1S/C14H23N3O/c1-10-6-5-9-14(3,4)12(10)8-7-11(2)16-17-13(15)18/h7-8H,5-6,9H2,1-4H3,(H3,15,17,18)/b8-7+,16-11-. The Labute approximate surface area is 109 Å². The number of nitrogens with one attached hydrogen (secondary N) is 1. The summed E-state index contributed by atoms with van der Waals surface area (Å²) in [6.45, 7) is 8.56. The molecule has 4 nitrogen and oxygen atoms in total. The molecule has 0 aromatic heterocycles. The van der Waals surface area contributed by atoms with Gasteiger partial charge >= 0.3 is 6.03 Å². The van der Waals surface area contributed by atoms with Crippen LogP contribution in [0.15, 0.2) is 28.4 Å². The molecule has 4 heteroatoms. The minimum Gasteiger partial charge on any atom is -0.350 e. The molecule has 0 saturated heterocycles. The molecule has 0 bridgehead atoms. The van der Waals surface area contributed by atoms with Crippen molar-refractivity contribution in [1.82, 2.24) is 5.43 Å². The van der Waals surface area contributed by atoms with Crippen LogP contribution in [0.25, 0.3) is 0 Å². The molecule has 1 aliphatic carbocycles. The van der Waals surface area contributed by atoms with Crippen molar-refractivity contribution in [3.63, 3.8) is 0 Å². The molecule has 0 aromatic carbocycles. The average Bonchev–Trinajstić information content (AvgIpc) is 2.24. The molecular formula is C14H23N3O. The third-order valence-corrected chi connectivity index (χ3v) is 3.38. The summed E-state index contributed by atoms with van der Waals surface area (Å²) in [5.41, 5.74) is 10.9. The van der Waals surface area contributed by atoms with E-state index in [-0.39, 0.29) is 5.41 Å². The van der Waals surface area contributed by atoms with Crippen LogP contribution in [0.2, 0.25) is 0 Å². The molecule has 0 fully saturated rings. The maximum Gasteiger partial charge on any atom is 0.332 e. The first kappa shape index (κ1) is 14.5. The van der Waals surface area contributed by atoms with Gasteiger partial charge in [-0.2, -0.15) is 5.10 Å². The van der Waals surface area contributed by atoms with Gasteiger partial charge < -0.3 is 5.73 Å². The molecule has 0 saturated carbocycles. The van der Waals surface area contributed by atoms with Crippen molar-refractivity contribution in [2.75, 3.05) is 0 Å². The highest BCUT2D eigenvalue weighted by atomic mass is 16.2. The second-order valence-corrected chi connectivity index (χ2v) is 5.49. The van der Waals surface area contributed by atoms with Crippen molar-refractivity contribution in [1.29, 1.82) is 0 Å². The molecule has 18 heavy (non-hydrogen) atoms. The molecule has 2 amide bonds. The van der Waals surface area contributed by atoms with Gasteiger partial charge in [-0.05, 0) is 50.2 Å². The number of rotatable bonds is 3. The number of carbonyl (C=O) groups is 1. The number of allylic oxidation sites excluding steroid dienone is 4. The van der Waals surface area contributed by atoms with Gasteiger partial charge in [0.2, 0.25) is 0 Å². The molecule has 0 radical (unpaired) electrons. The normalized spacial score (nSPS) is 20.3. The Morgan fingerprint density at radius 2 is 2.17 bits per heavy atom. The molecule has 100 valence electrons. The summed E-state index contributed by atoms with van der Waals surface area (Å²) < 4.78 is 0. The Bertz CT molecular complexity index is 417. The lowest BCUT2D eigenvalue weighted by atomic mass is 9.72. The number of nitrogens with two attached hydrogens (primary N) is 1. The Morgan fingerprint density at radius 3 is 2.72 bits per heavy atom. The van der Waals surface area contributed by atoms with E-state index in [1.807, 2.05) is 13.0 Å². The smallest absolute Gasteiger partial charge is 0.332 e. The third kappa shape index (κ3) is 4.02. The monoisotopic (exact) mass is 249 g/mol. The van der Waals surface area contributed by atoms with Gasteiger partial charge in [0, 0.05) is 0 Å². The molecular weight excluding hydrogens is 226 g/mol. The third-order valence-electron chi connectivity index (χ3n) is 3.38. The topological polar surface area (TPSA) is 67.5 Å². The molecule has 0 heterocycles. The number of hydrogen-bond donors (Lipinski definition) is 2. The minimum absolute atomic E-state index is 0.218. The van der Waals surface area contributed by atoms with Crippen LogP contribution in [0.4, 0.5) is 4.79 Å². The fourth-order valence-electron chi connectivity index (χ4n) is 2.39. The lowest BCUT2D eigenvalue weighted by Crippen LogP contribution is -2.25. The first-order valence-corrected chi connectivity index (χ1v) is 6.31. The van der Waals surface area contributed by atoms with Crippen molar-refractivity contribution < 1.29 is 4.79 Å². The number of nitrogens with zero attached hydrogens (tertiary/aromatic N) is 1. The predicted molar refractivity (Wildman–Crippen MR) is 75.3 cm³/mol. The van der Waals surface area contributed by atoms with E-state index in [1.54, 1.807) is 0 Å². The second-order valence-electron chi connectivity index (χ2n) is 5.49. The van der Waals surface area contributed by atoms with E-state index in [9.17, 15) is 4.79 Å². The Morgan fingerprint density at radius 1 is 1.50 bits per heavy atom. The van der Waals surface area contributed by atoms with Crippen molar-refractivity contribution in [3.05, 3.63) is 23.3 Å². The zero-order valence-corrected chi connectivity index (χ0v) is 11.7. The van der Waals surface area contributed by atoms with Crippen LogP contribution in [0, 0.1) is 5.41 Å². The van der Waals surface area contributed by atoms with Gasteiger partial charge in [-0.3, -0.25) is 0 Å². The first-order valence-electron chi connectivity index (χ1n) is 6.31. The number of urea groups is 1. The van der Waals surface area contributed by atoms with Crippen LogP contribution in [-0.2, 0) is 0 Å². The van der Waals surface area contributed by atoms with Crippen LogP contribution in [0.3, 0.4) is 0 Å². The van der Waals surface area contributed by atoms with Crippen molar-refractivity contribution in [3.8, 4) is 0 Å². The van der Waals surface area contributed by atoms with Crippen LogP contribution >= 0.6 is 0 Å². The van der Waals surface area contributed by atoms with E-state index in [0.717, 1.165) is 5.71 Å². The summed E-state index contributed by atoms with van der Waals surface area (Å²) in [7, 11) is 0. The first-order chi connectivity index (χ1) is 8.33. The number of amides is 2. The van der Waals surface area contributed by atoms with Crippen LogP contribution < -0.4 is 11.2 Å². The number of hydrazone groups is 1. The van der Waals surface area contributed by atoms with E-state index in [4.69, 9.17) is 5.73 Å². The highest BCUT2D eigenvalue weighted by molar-refractivity contribution is 5.93. The van der Waals surface area contributed by atoms with Gasteiger partial charge in [-0.1, -0.05) is 25.5 Å². The number of hydrogen-bond acceptors (Lipinski definition) is 2. The summed E-state index contributed by atoms with van der Waals surface area (Å²) in [6, 6.07) is -0.642. The highest BCUT2D eigenvalue weighted by Gasteiger charge is 2.26. The zero-order chi connectivity index (χ0) is 13.8. The van der Waals surface area contributed by atoms with Crippen LogP contribution in [-0.4, -0.2) is 11.7 Å². The second kappa shape index (κ2) is 5.85. The van der Waals surface area contributed by atoms with Crippen molar-refractivity contribution in [2.45, 2.75) is 47.0 Å². The fourth-order valence-corrected chi connectivity index (χ4v) is 2.39. The van der Waals surface area contributed by atoms with Crippen LogP contribution in [0.5, 0.6) is 0 Å². The van der Waals surface area contributed by atoms with E-state index >= 15 is 0 Å². The van der Waals surface area contributed by atoms with E-state index in [2.05, 4.69) is 37.4 Å². The molecule has 0 atom stereocenters. The summed E-state index contributed by atoms with van der Waals surface area (Å²) in [4.78, 5) is 10.5. The van der Waals surface area contributed by atoms with Crippen molar-refractivity contribution >= 4 is 11.7 Å². The van der Waals surface area contributed by atoms with E-state index < -0.39 is 6.03 Å². The molecule has 1 aliphatic rings. The Balaban J connectivity index is 2.82. The lowest BCUT2D eigenvalue weighted by molar-refractivity contribution is 0.249. The zero-order valence-electron chi connectivity index (χ0n) is 11.7. The molecule has 0 spiro atoms. The SMILES string of the molecule is CC1=C(/C=C/C(C)=N\NC(N)=O)C(C)(C)CCC1. The van der Waals surface area contributed by atoms with E-state index in [1.165, 1.54) is 30.4 Å². The minimum atomic E-state index is -0.642. The lowest BCUT2D eigenvalue weighted by Gasteiger charge is -2.32.